The molecule has 0 aliphatic carbocycles. The summed E-state index contributed by atoms with van der Waals surface area (Å²) in [5.41, 5.74) is 16.0. The average Bonchev–Trinajstić information content (AvgIpc) is 3.02. The molecule has 0 saturated heterocycles. The Bertz CT molecular complexity index is 1090. The molecule has 5 nitrogen and oxygen atoms in total. The summed E-state index contributed by atoms with van der Waals surface area (Å²) in [6.07, 6.45) is 4.85. The molecule has 0 aliphatic rings. The zero-order valence-electron chi connectivity index (χ0n) is 14.6. The lowest BCUT2D eigenvalue weighted by Gasteiger charge is -2.12. The summed E-state index contributed by atoms with van der Waals surface area (Å²) in [5, 5.41) is 7.03. The van der Waals surface area contributed by atoms with E-state index in [0.717, 1.165) is 33.2 Å². The predicted molar refractivity (Wildman–Crippen MR) is 108 cm³/mol. The molecule has 0 spiro atoms. The molecule has 0 bridgehead atoms. The van der Waals surface area contributed by atoms with Crippen molar-refractivity contribution < 1.29 is 4.52 Å². The van der Waals surface area contributed by atoms with Crippen LogP contribution in [-0.4, -0.2) is 16.2 Å². The van der Waals surface area contributed by atoms with Gasteiger partial charge in [-0.25, -0.2) is 0 Å². The molecule has 2 aromatic heterocycles. The summed E-state index contributed by atoms with van der Waals surface area (Å²) >= 11 is 6.06. The van der Waals surface area contributed by atoms with Crippen LogP contribution in [0.4, 0.5) is 5.88 Å². The fourth-order valence-corrected chi connectivity index (χ4v) is 3.49. The highest BCUT2D eigenvalue weighted by molar-refractivity contribution is 6.30. The molecular formula is C21H19ClN4O. The van der Waals surface area contributed by atoms with E-state index in [1.165, 1.54) is 0 Å². The summed E-state index contributed by atoms with van der Waals surface area (Å²) in [4.78, 5) is 4.14. The van der Waals surface area contributed by atoms with Gasteiger partial charge in [-0.3, -0.25) is 4.98 Å². The fourth-order valence-electron chi connectivity index (χ4n) is 3.28. The molecule has 4 N–H and O–H groups in total. The molecule has 136 valence electrons. The topological polar surface area (TPSA) is 91.0 Å². The van der Waals surface area contributed by atoms with Gasteiger partial charge in [0.25, 0.3) is 0 Å². The van der Waals surface area contributed by atoms with Gasteiger partial charge in [0.1, 0.15) is 5.69 Å². The summed E-state index contributed by atoms with van der Waals surface area (Å²) in [5.74, 6) is 0.307. The Morgan fingerprint density at radius 3 is 2.78 bits per heavy atom. The molecule has 1 atom stereocenters. The molecule has 4 aromatic rings. The maximum Gasteiger partial charge on any atom is 0.225 e. The lowest BCUT2D eigenvalue weighted by Crippen LogP contribution is -2.26. The second-order valence-corrected chi connectivity index (χ2v) is 7.05. The van der Waals surface area contributed by atoms with Crippen LogP contribution in [0.3, 0.4) is 0 Å². The van der Waals surface area contributed by atoms with E-state index in [2.05, 4.69) is 16.2 Å². The van der Waals surface area contributed by atoms with Gasteiger partial charge in [0, 0.05) is 40.0 Å². The number of fused-ring (bicyclic) bond motifs is 1. The average molecular weight is 379 g/mol. The van der Waals surface area contributed by atoms with Gasteiger partial charge in [-0.2, -0.15) is 0 Å². The second kappa shape index (κ2) is 7.39. The minimum absolute atomic E-state index is 0.131. The van der Waals surface area contributed by atoms with Gasteiger partial charge in [-0.15, -0.1) is 0 Å². The lowest BCUT2D eigenvalue weighted by molar-refractivity contribution is 0.438. The Morgan fingerprint density at radius 1 is 1.04 bits per heavy atom. The van der Waals surface area contributed by atoms with E-state index in [-0.39, 0.29) is 6.04 Å². The molecule has 0 amide bonds. The Labute approximate surface area is 161 Å². The Kier molecular flexibility index (Phi) is 4.79. The normalized spacial score (nSPS) is 12.4. The van der Waals surface area contributed by atoms with Gasteiger partial charge >= 0.3 is 0 Å². The number of anilines is 1. The van der Waals surface area contributed by atoms with Crippen molar-refractivity contribution in [3.8, 4) is 11.3 Å². The van der Waals surface area contributed by atoms with Crippen molar-refractivity contribution >= 4 is 28.3 Å². The summed E-state index contributed by atoms with van der Waals surface area (Å²) < 4.78 is 5.27. The number of hydrogen-bond donors (Lipinski definition) is 2. The largest absolute Gasteiger partial charge is 0.367 e. The maximum atomic E-state index is 6.38. The molecule has 0 saturated carbocycles. The lowest BCUT2D eigenvalue weighted by atomic mass is 9.96. The molecule has 0 fully saturated rings. The molecule has 27 heavy (non-hydrogen) atoms. The molecule has 2 aromatic carbocycles. The SMILES string of the molecule is Nc1onc(-c2ccc3cnccc3c2)c1C[C@@H](N)Cc1cccc(Cl)c1. The van der Waals surface area contributed by atoms with E-state index in [0.29, 0.717) is 23.7 Å². The van der Waals surface area contributed by atoms with Crippen LogP contribution in [0.2, 0.25) is 5.02 Å². The van der Waals surface area contributed by atoms with Crippen LogP contribution >= 0.6 is 11.6 Å². The molecule has 0 radical (unpaired) electrons. The van der Waals surface area contributed by atoms with Gasteiger partial charge in [-0.1, -0.05) is 41.0 Å². The second-order valence-electron chi connectivity index (χ2n) is 6.61. The van der Waals surface area contributed by atoms with Crippen LogP contribution in [0.5, 0.6) is 0 Å². The maximum absolute atomic E-state index is 6.38. The van der Waals surface area contributed by atoms with Gasteiger partial charge in [-0.05, 0) is 48.1 Å². The van der Waals surface area contributed by atoms with Crippen molar-refractivity contribution in [2.75, 3.05) is 5.73 Å². The van der Waals surface area contributed by atoms with Crippen LogP contribution in [0.1, 0.15) is 11.1 Å². The third kappa shape index (κ3) is 3.79. The van der Waals surface area contributed by atoms with Gasteiger partial charge < -0.3 is 16.0 Å². The number of nitrogens with zero attached hydrogens (tertiary/aromatic N) is 2. The number of halogens is 1. The minimum atomic E-state index is -0.131. The van der Waals surface area contributed by atoms with Crippen LogP contribution < -0.4 is 11.5 Å². The molecule has 2 heterocycles. The van der Waals surface area contributed by atoms with Gasteiger partial charge in [0.05, 0.1) is 0 Å². The van der Waals surface area contributed by atoms with Crippen molar-refractivity contribution in [1.82, 2.24) is 10.1 Å². The number of nitrogens with two attached hydrogens (primary N) is 2. The highest BCUT2D eigenvalue weighted by atomic mass is 35.5. The first-order valence-corrected chi connectivity index (χ1v) is 9.06. The van der Waals surface area contributed by atoms with Crippen LogP contribution in [0.15, 0.2) is 65.4 Å². The van der Waals surface area contributed by atoms with E-state index in [4.69, 9.17) is 27.6 Å². The Hall–Kier alpha value is -2.89. The Balaban J connectivity index is 1.61. The van der Waals surface area contributed by atoms with Gasteiger partial charge in [0.15, 0.2) is 0 Å². The standard InChI is InChI=1S/C21H19ClN4O/c22-17-3-1-2-13(8-17)9-18(23)11-19-20(26-27-21(19)24)15-4-5-16-12-25-7-6-14(16)10-15/h1-8,10,12,18H,9,11,23-24H2/t18-/m0/s1. The Morgan fingerprint density at radius 2 is 1.93 bits per heavy atom. The van der Waals surface area contributed by atoms with E-state index in [1.54, 1.807) is 6.20 Å². The highest BCUT2D eigenvalue weighted by Gasteiger charge is 2.19. The van der Waals surface area contributed by atoms with E-state index in [9.17, 15) is 0 Å². The number of aromatic nitrogens is 2. The first-order chi connectivity index (χ1) is 13.1. The predicted octanol–water partition coefficient (Wildman–Crippen LogP) is 4.24. The van der Waals surface area contributed by atoms with Crippen molar-refractivity contribution in [3.63, 3.8) is 0 Å². The zero-order valence-corrected chi connectivity index (χ0v) is 15.4. The summed E-state index contributed by atoms with van der Waals surface area (Å²) in [7, 11) is 0. The molecular weight excluding hydrogens is 360 g/mol. The first kappa shape index (κ1) is 17.5. The first-order valence-electron chi connectivity index (χ1n) is 8.68. The van der Waals surface area contributed by atoms with Crippen molar-refractivity contribution in [2.45, 2.75) is 18.9 Å². The molecule has 0 aliphatic heterocycles. The number of benzene rings is 2. The van der Waals surface area contributed by atoms with Crippen molar-refractivity contribution in [3.05, 3.63) is 77.1 Å². The third-order valence-corrected chi connectivity index (χ3v) is 4.82. The summed E-state index contributed by atoms with van der Waals surface area (Å²) in [6, 6.07) is 15.6. The summed E-state index contributed by atoms with van der Waals surface area (Å²) in [6.45, 7) is 0. The highest BCUT2D eigenvalue weighted by Crippen LogP contribution is 2.30. The third-order valence-electron chi connectivity index (χ3n) is 4.59. The molecule has 4 rings (SSSR count). The monoisotopic (exact) mass is 378 g/mol. The number of nitrogen functional groups attached to an aromatic ring is 1. The van der Waals surface area contributed by atoms with E-state index < -0.39 is 0 Å². The van der Waals surface area contributed by atoms with Crippen LogP contribution in [-0.2, 0) is 12.8 Å². The van der Waals surface area contributed by atoms with Crippen LogP contribution in [0, 0.1) is 0 Å². The van der Waals surface area contributed by atoms with Gasteiger partial charge in [0.2, 0.25) is 5.88 Å². The quantitative estimate of drug-likeness (QED) is 0.542. The number of hydrogen-bond acceptors (Lipinski definition) is 5. The van der Waals surface area contributed by atoms with E-state index in [1.807, 2.05) is 48.7 Å². The number of rotatable bonds is 5. The fraction of sp³-hybridized carbons (Fsp3) is 0.143. The van der Waals surface area contributed by atoms with Crippen LogP contribution in [0.25, 0.3) is 22.0 Å². The minimum Gasteiger partial charge on any atom is -0.367 e. The number of pyridine rings is 1. The zero-order chi connectivity index (χ0) is 18.8. The molecule has 0 unspecified atom stereocenters. The van der Waals surface area contributed by atoms with Crippen molar-refractivity contribution in [2.24, 2.45) is 5.73 Å². The smallest absolute Gasteiger partial charge is 0.225 e. The molecule has 6 heteroatoms. The van der Waals surface area contributed by atoms with E-state index >= 15 is 0 Å². The van der Waals surface area contributed by atoms with Crippen molar-refractivity contribution in [1.29, 1.82) is 0 Å².